The van der Waals surface area contributed by atoms with Crippen molar-refractivity contribution >= 4 is 45.4 Å². The number of carbonyl (C=O) groups excluding carboxylic acids is 4. The summed E-state index contributed by atoms with van der Waals surface area (Å²) in [6, 6.07) is 14.2. The number of fused-ring (bicyclic) bond motifs is 4. The molecule has 4 aromatic carbocycles. The SMILES string of the molecule is CCC(=O)Oc1c2c(c(OC(=O)CC)c3ccccc13)=c1c(OC(=O)CC)c3ccccc3c(OC(=O)CC)c1=2. The minimum Gasteiger partial charge on any atom is -0.425 e. The number of ether oxygens (including phenoxy) is 4. The summed E-state index contributed by atoms with van der Waals surface area (Å²) in [7, 11) is 0. The third kappa shape index (κ3) is 4.35. The summed E-state index contributed by atoms with van der Waals surface area (Å²) in [5, 5.41) is 3.92. The molecule has 0 aromatic heterocycles. The van der Waals surface area contributed by atoms with Gasteiger partial charge in [0.25, 0.3) is 0 Å². The van der Waals surface area contributed by atoms with Crippen LogP contribution in [0.15, 0.2) is 48.5 Å². The van der Waals surface area contributed by atoms with Crippen LogP contribution in [0.25, 0.3) is 21.5 Å². The summed E-state index contributed by atoms with van der Waals surface area (Å²) in [5.41, 5.74) is 0. The van der Waals surface area contributed by atoms with Crippen molar-refractivity contribution in [1.29, 1.82) is 0 Å². The van der Waals surface area contributed by atoms with Crippen molar-refractivity contribution in [2.24, 2.45) is 0 Å². The second-order valence-corrected chi connectivity index (χ2v) is 9.22. The molecule has 4 aromatic rings. The van der Waals surface area contributed by atoms with Gasteiger partial charge in [-0.05, 0) is 0 Å². The van der Waals surface area contributed by atoms with Gasteiger partial charge in [0, 0.05) is 68.1 Å². The number of rotatable bonds is 8. The van der Waals surface area contributed by atoms with Gasteiger partial charge in [0.05, 0.1) is 0 Å². The van der Waals surface area contributed by atoms with Gasteiger partial charge in [-0.1, -0.05) is 76.2 Å². The molecular weight excluding hydrogens is 512 g/mol. The zero-order valence-corrected chi connectivity index (χ0v) is 22.7. The molecule has 8 heteroatoms. The van der Waals surface area contributed by atoms with Gasteiger partial charge < -0.3 is 18.9 Å². The average molecular weight is 541 g/mol. The van der Waals surface area contributed by atoms with E-state index in [0.717, 1.165) is 0 Å². The first-order chi connectivity index (χ1) is 19.3. The third-order valence-electron chi connectivity index (χ3n) is 6.76. The average Bonchev–Trinajstić information content (AvgIpc) is 2.97. The van der Waals surface area contributed by atoms with Gasteiger partial charge in [0.1, 0.15) is 23.0 Å². The fourth-order valence-electron chi connectivity index (χ4n) is 4.81. The summed E-state index contributed by atoms with van der Waals surface area (Å²) in [4.78, 5) is 50.6. The smallest absolute Gasteiger partial charge is 0.310 e. The van der Waals surface area contributed by atoms with Crippen LogP contribution >= 0.6 is 0 Å². The topological polar surface area (TPSA) is 105 Å². The molecule has 0 N–H and O–H groups in total. The standard InChI is InChI=1S/C32H28O8/c1-5-21(33)37-29-17-13-9-10-14-18(17)30(38-22(34)6-2)26-25(29)27-28(26)32(40-24(36)8-4)20-16-12-11-15-19(20)31(27)39-23(35)7-3/h9-16H,5-8H2,1-4H3. The van der Waals surface area contributed by atoms with Gasteiger partial charge >= 0.3 is 23.9 Å². The number of carbonyl (C=O) groups is 4. The van der Waals surface area contributed by atoms with E-state index < -0.39 is 23.9 Å². The van der Waals surface area contributed by atoms with Crippen LogP contribution in [0.3, 0.4) is 0 Å². The van der Waals surface area contributed by atoms with E-state index in [9.17, 15) is 19.2 Å². The van der Waals surface area contributed by atoms with E-state index in [4.69, 9.17) is 18.9 Å². The normalized spacial score (nSPS) is 11.3. The quantitative estimate of drug-likeness (QED) is 0.171. The van der Waals surface area contributed by atoms with E-state index in [1.54, 1.807) is 76.2 Å². The molecule has 0 radical (unpaired) electrons. The lowest BCUT2D eigenvalue weighted by molar-refractivity contribution is -0.135. The number of benzene rings is 4. The molecule has 0 fully saturated rings. The van der Waals surface area contributed by atoms with E-state index in [-0.39, 0.29) is 48.7 Å². The van der Waals surface area contributed by atoms with Crippen molar-refractivity contribution in [1.82, 2.24) is 0 Å². The van der Waals surface area contributed by atoms with Gasteiger partial charge in [0.15, 0.2) is 0 Å². The molecule has 0 heterocycles. The van der Waals surface area contributed by atoms with Crippen LogP contribution in [0, 0.1) is 20.9 Å². The molecule has 0 bridgehead atoms. The first kappa shape index (κ1) is 26.9. The first-order valence-corrected chi connectivity index (χ1v) is 13.3. The molecule has 5 rings (SSSR count). The van der Waals surface area contributed by atoms with E-state index in [1.807, 2.05) is 0 Å². The number of hydrogen-bond acceptors (Lipinski definition) is 8. The minimum atomic E-state index is -0.468. The van der Waals surface area contributed by atoms with Crippen LogP contribution in [0.2, 0.25) is 0 Å². The Morgan fingerprint density at radius 3 is 0.800 bits per heavy atom. The molecule has 0 amide bonds. The zero-order chi connectivity index (χ0) is 28.6. The lowest BCUT2D eigenvalue weighted by Gasteiger charge is -2.22. The molecule has 1 aliphatic rings. The Labute approximate surface area is 229 Å². The van der Waals surface area contributed by atoms with E-state index in [0.29, 0.717) is 42.4 Å². The Morgan fingerprint density at radius 1 is 0.425 bits per heavy atom. The molecule has 1 aliphatic carbocycles. The molecule has 204 valence electrons. The molecule has 0 atom stereocenters. The molecule has 0 unspecified atom stereocenters. The highest BCUT2D eigenvalue weighted by atomic mass is 16.6. The van der Waals surface area contributed by atoms with E-state index in [1.165, 1.54) is 0 Å². The number of hydrogen-bond donors (Lipinski definition) is 0. The second kappa shape index (κ2) is 10.8. The van der Waals surface area contributed by atoms with Crippen molar-refractivity contribution in [3.63, 3.8) is 0 Å². The Hall–Kier alpha value is -4.72. The molecule has 0 saturated carbocycles. The minimum absolute atomic E-state index is 0.122. The summed E-state index contributed by atoms with van der Waals surface area (Å²) >= 11 is 0. The largest absolute Gasteiger partial charge is 0.425 e. The van der Waals surface area contributed by atoms with E-state index >= 15 is 0 Å². The van der Waals surface area contributed by atoms with Crippen LogP contribution in [0.5, 0.6) is 23.0 Å². The lowest BCUT2D eigenvalue weighted by Crippen LogP contribution is -2.15. The monoisotopic (exact) mass is 540 g/mol. The Balaban J connectivity index is 2.10. The van der Waals surface area contributed by atoms with Crippen LogP contribution < -0.4 is 18.9 Å². The van der Waals surface area contributed by atoms with Crippen molar-refractivity contribution in [2.75, 3.05) is 0 Å². The molecule has 0 aliphatic heterocycles. The predicted octanol–water partition coefficient (Wildman–Crippen LogP) is 6.14. The predicted molar refractivity (Wildman–Crippen MR) is 147 cm³/mol. The fourth-order valence-corrected chi connectivity index (χ4v) is 4.81. The summed E-state index contributed by atoms with van der Waals surface area (Å²) in [6.07, 6.45) is 0.489. The Morgan fingerprint density at radius 2 is 0.625 bits per heavy atom. The van der Waals surface area contributed by atoms with Gasteiger partial charge in [0.2, 0.25) is 0 Å². The molecule has 8 nitrogen and oxygen atoms in total. The van der Waals surface area contributed by atoms with Crippen molar-refractivity contribution < 1.29 is 38.1 Å². The Bertz CT molecular complexity index is 1620. The van der Waals surface area contributed by atoms with Crippen LogP contribution in [0.1, 0.15) is 53.4 Å². The van der Waals surface area contributed by atoms with Crippen molar-refractivity contribution in [2.45, 2.75) is 53.4 Å². The fraction of sp³-hybridized carbons (Fsp3) is 0.250. The van der Waals surface area contributed by atoms with Gasteiger partial charge in [-0.3, -0.25) is 19.2 Å². The maximum atomic E-state index is 12.6. The highest BCUT2D eigenvalue weighted by Crippen LogP contribution is 2.47. The van der Waals surface area contributed by atoms with Gasteiger partial charge in [-0.15, -0.1) is 0 Å². The van der Waals surface area contributed by atoms with E-state index in [2.05, 4.69) is 0 Å². The lowest BCUT2D eigenvalue weighted by atomic mass is 9.91. The second-order valence-electron chi connectivity index (χ2n) is 9.22. The van der Waals surface area contributed by atoms with Crippen LogP contribution in [-0.4, -0.2) is 23.9 Å². The highest BCUT2D eigenvalue weighted by Gasteiger charge is 2.29. The molecule has 0 saturated heterocycles. The maximum absolute atomic E-state index is 12.6. The summed E-state index contributed by atoms with van der Waals surface area (Å²) in [6.45, 7) is 6.75. The van der Waals surface area contributed by atoms with Gasteiger partial charge in [-0.25, -0.2) is 0 Å². The summed E-state index contributed by atoms with van der Waals surface area (Å²) < 4.78 is 23.6. The highest BCUT2D eigenvalue weighted by molar-refractivity contribution is 6.01. The molecule has 40 heavy (non-hydrogen) atoms. The molecule has 0 spiro atoms. The van der Waals surface area contributed by atoms with Crippen molar-refractivity contribution in [3.8, 4) is 23.0 Å². The number of esters is 4. The third-order valence-corrected chi connectivity index (χ3v) is 6.76. The van der Waals surface area contributed by atoms with Crippen molar-refractivity contribution in [3.05, 3.63) is 69.4 Å². The Kier molecular flexibility index (Phi) is 7.26. The van der Waals surface area contributed by atoms with Crippen LogP contribution in [-0.2, 0) is 19.2 Å². The van der Waals surface area contributed by atoms with Crippen LogP contribution in [0.4, 0.5) is 0 Å². The zero-order valence-electron chi connectivity index (χ0n) is 22.7. The summed E-state index contributed by atoms with van der Waals surface area (Å²) in [5.74, 6) is -0.879. The van der Waals surface area contributed by atoms with Gasteiger partial charge in [-0.2, -0.15) is 0 Å². The maximum Gasteiger partial charge on any atom is 0.310 e. The first-order valence-electron chi connectivity index (χ1n) is 13.3. The molecular formula is C32H28O8.